The highest BCUT2D eigenvalue weighted by Gasteiger charge is 2.17. The quantitative estimate of drug-likeness (QED) is 0.573. The Hall–Kier alpha value is -2.87. The number of aryl methyl sites for hydroxylation is 3. The number of hydrogen-bond donors (Lipinski definition) is 0. The fourth-order valence-electron chi connectivity index (χ4n) is 3.55. The Balaban J connectivity index is 2.28. The molecule has 3 aromatic carbocycles. The van der Waals surface area contributed by atoms with Gasteiger partial charge in [0.1, 0.15) is 0 Å². The van der Waals surface area contributed by atoms with Crippen molar-refractivity contribution >= 4 is 5.97 Å². The first kappa shape index (κ1) is 17.0. The molecule has 0 unspecified atom stereocenters. The minimum absolute atomic E-state index is 0.317. The third-order valence-corrected chi connectivity index (χ3v) is 4.50. The van der Waals surface area contributed by atoms with Gasteiger partial charge in [-0.15, -0.1) is 0 Å². The fourth-order valence-corrected chi connectivity index (χ4v) is 3.55. The number of rotatable bonds is 3. The SMILES string of the molecule is COC(=O)c1ccccc1-c1ccccc1-c1c(C)cc(C)cc1C. The maximum absolute atomic E-state index is 12.2. The van der Waals surface area contributed by atoms with Crippen LogP contribution in [0.3, 0.4) is 0 Å². The van der Waals surface area contributed by atoms with Gasteiger partial charge in [-0.3, -0.25) is 0 Å². The zero-order valence-corrected chi connectivity index (χ0v) is 15.1. The molecule has 0 saturated carbocycles. The van der Waals surface area contributed by atoms with E-state index in [2.05, 4.69) is 45.0 Å². The second-order valence-corrected chi connectivity index (χ2v) is 6.36. The van der Waals surface area contributed by atoms with E-state index in [0.29, 0.717) is 5.56 Å². The van der Waals surface area contributed by atoms with Crippen LogP contribution in [0.4, 0.5) is 0 Å². The summed E-state index contributed by atoms with van der Waals surface area (Å²) in [7, 11) is 1.42. The maximum Gasteiger partial charge on any atom is 0.338 e. The Morgan fingerprint density at radius 2 is 1.28 bits per heavy atom. The van der Waals surface area contributed by atoms with Crippen LogP contribution >= 0.6 is 0 Å². The average Bonchev–Trinajstić information content (AvgIpc) is 2.60. The van der Waals surface area contributed by atoms with Crippen LogP contribution in [0, 0.1) is 20.8 Å². The Labute approximate surface area is 149 Å². The summed E-state index contributed by atoms with van der Waals surface area (Å²) in [6.45, 7) is 6.39. The van der Waals surface area contributed by atoms with Crippen molar-refractivity contribution in [2.75, 3.05) is 7.11 Å². The monoisotopic (exact) mass is 330 g/mol. The lowest BCUT2D eigenvalue weighted by atomic mass is 9.87. The van der Waals surface area contributed by atoms with Crippen molar-refractivity contribution in [1.82, 2.24) is 0 Å². The van der Waals surface area contributed by atoms with Gasteiger partial charge in [0.15, 0.2) is 0 Å². The number of ether oxygens (including phenoxy) is 1. The molecule has 25 heavy (non-hydrogen) atoms. The molecular weight excluding hydrogens is 308 g/mol. The van der Waals surface area contributed by atoms with E-state index >= 15 is 0 Å². The molecule has 2 heteroatoms. The zero-order chi connectivity index (χ0) is 18.0. The normalized spacial score (nSPS) is 10.6. The molecule has 126 valence electrons. The number of hydrogen-bond acceptors (Lipinski definition) is 2. The summed E-state index contributed by atoms with van der Waals surface area (Å²) in [5.74, 6) is -0.317. The van der Waals surface area contributed by atoms with E-state index in [9.17, 15) is 4.79 Å². The van der Waals surface area contributed by atoms with Gasteiger partial charge in [0.05, 0.1) is 12.7 Å². The van der Waals surface area contributed by atoms with E-state index in [1.165, 1.54) is 29.4 Å². The first-order valence-electron chi connectivity index (χ1n) is 8.38. The first-order valence-corrected chi connectivity index (χ1v) is 8.38. The summed E-state index contributed by atoms with van der Waals surface area (Å²) in [6, 6.07) is 20.2. The van der Waals surface area contributed by atoms with Crippen LogP contribution in [0.1, 0.15) is 27.0 Å². The molecule has 0 aromatic heterocycles. The van der Waals surface area contributed by atoms with E-state index in [1.807, 2.05) is 36.4 Å². The molecular formula is C23H22O2. The van der Waals surface area contributed by atoms with Crippen molar-refractivity contribution in [3.8, 4) is 22.3 Å². The molecule has 0 aliphatic rings. The van der Waals surface area contributed by atoms with Crippen molar-refractivity contribution in [2.24, 2.45) is 0 Å². The van der Waals surface area contributed by atoms with Gasteiger partial charge in [0.2, 0.25) is 0 Å². The van der Waals surface area contributed by atoms with Gasteiger partial charge in [0, 0.05) is 0 Å². The lowest BCUT2D eigenvalue weighted by Crippen LogP contribution is -2.04. The molecule has 3 rings (SSSR count). The molecule has 0 N–H and O–H groups in total. The molecule has 0 aliphatic heterocycles. The second-order valence-electron chi connectivity index (χ2n) is 6.36. The third kappa shape index (κ3) is 3.20. The van der Waals surface area contributed by atoms with Crippen LogP contribution < -0.4 is 0 Å². The van der Waals surface area contributed by atoms with Crippen molar-refractivity contribution in [3.63, 3.8) is 0 Å². The summed E-state index contributed by atoms with van der Waals surface area (Å²) in [5.41, 5.74) is 8.60. The number of carbonyl (C=O) groups excluding carboxylic acids is 1. The molecule has 2 nitrogen and oxygen atoms in total. The van der Waals surface area contributed by atoms with E-state index in [1.54, 1.807) is 0 Å². The molecule has 0 aliphatic carbocycles. The van der Waals surface area contributed by atoms with Crippen LogP contribution in [0.5, 0.6) is 0 Å². The molecule has 0 amide bonds. The zero-order valence-electron chi connectivity index (χ0n) is 15.1. The summed E-state index contributed by atoms with van der Waals surface area (Å²) in [4.78, 5) is 12.2. The topological polar surface area (TPSA) is 26.3 Å². The largest absolute Gasteiger partial charge is 0.465 e. The molecule has 0 atom stereocenters. The Morgan fingerprint density at radius 3 is 1.88 bits per heavy atom. The van der Waals surface area contributed by atoms with Crippen LogP contribution in [-0.4, -0.2) is 13.1 Å². The summed E-state index contributed by atoms with van der Waals surface area (Å²) >= 11 is 0. The Bertz CT molecular complexity index is 915. The molecule has 0 heterocycles. The molecule has 0 spiro atoms. The van der Waals surface area contributed by atoms with Crippen LogP contribution in [0.25, 0.3) is 22.3 Å². The van der Waals surface area contributed by atoms with Gasteiger partial charge in [-0.1, -0.05) is 60.2 Å². The summed E-state index contributed by atoms with van der Waals surface area (Å²) in [6.07, 6.45) is 0. The highest BCUT2D eigenvalue weighted by atomic mass is 16.5. The predicted molar refractivity (Wildman–Crippen MR) is 103 cm³/mol. The minimum Gasteiger partial charge on any atom is -0.465 e. The van der Waals surface area contributed by atoms with Gasteiger partial charge in [-0.25, -0.2) is 4.79 Å². The second kappa shape index (κ2) is 6.94. The van der Waals surface area contributed by atoms with Crippen molar-refractivity contribution in [2.45, 2.75) is 20.8 Å². The number of benzene rings is 3. The van der Waals surface area contributed by atoms with Crippen molar-refractivity contribution < 1.29 is 9.53 Å². The van der Waals surface area contributed by atoms with E-state index in [4.69, 9.17) is 4.74 Å². The minimum atomic E-state index is -0.317. The number of methoxy groups -OCH3 is 1. The fraction of sp³-hybridized carbons (Fsp3) is 0.174. The summed E-state index contributed by atoms with van der Waals surface area (Å²) < 4.78 is 4.97. The lowest BCUT2D eigenvalue weighted by Gasteiger charge is -2.17. The molecule has 0 bridgehead atoms. The Morgan fingerprint density at radius 1 is 0.760 bits per heavy atom. The standard InChI is InChI=1S/C23H22O2/c1-15-13-16(2)22(17(3)14-15)20-11-7-5-9-18(20)19-10-6-8-12-21(19)23(24)25-4/h5-14H,1-4H3. The highest BCUT2D eigenvalue weighted by Crippen LogP contribution is 2.37. The van der Waals surface area contributed by atoms with E-state index in [0.717, 1.165) is 16.7 Å². The van der Waals surface area contributed by atoms with Gasteiger partial charge in [-0.05, 0) is 60.2 Å². The van der Waals surface area contributed by atoms with Crippen LogP contribution in [0.15, 0.2) is 60.7 Å². The van der Waals surface area contributed by atoms with Gasteiger partial charge in [-0.2, -0.15) is 0 Å². The van der Waals surface area contributed by atoms with Crippen molar-refractivity contribution in [1.29, 1.82) is 0 Å². The lowest BCUT2D eigenvalue weighted by molar-refractivity contribution is 0.0601. The average molecular weight is 330 g/mol. The van der Waals surface area contributed by atoms with Gasteiger partial charge in [0.25, 0.3) is 0 Å². The molecule has 3 aromatic rings. The van der Waals surface area contributed by atoms with Gasteiger partial charge >= 0.3 is 5.97 Å². The van der Waals surface area contributed by atoms with Crippen LogP contribution in [-0.2, 0) is 4.74 Å². The highest BCUT2D eigenvalue weighted by molar-refractivity contribution is 6.00. The molecule has 0 fully saturated rings. The molecule has 0 saturated heterocycles. The number of carbonyl (C=O) groups is 1. The third-order valence-electron chi connectivity index (χ3n) is 4.50. The molecule has 0 radical (unpaired) electrons. The predicted octanol–water partition coefficient (Wildman–Crippen LogP) is 5.73. The van der Waals surface area contributed by atoms with Gasteiger partial charge < -0.3 is 4.74 Å². The van der Waals surface area contributed by atoms with E-state index < -0.39 is 0 Å². The Kier molecular flexibility index (Phi) is 4.71. The smallest absolute Gasteiger partial charge is 0.338 e. The summed E-state index contributed by atoms with van der Waals surface area (Å²) in [5, 5.41) is 0. The first-order chi connectivity index (χ1) is 12.0. The van der Waals surface area contributed by atoms with Crippen molar-refractivity contribution in [3.05, 3.63) is 82.9 Å². The maximum atomic E-state index is 12.2. The van der Waals surface area contributed by atoms with E-state index in [-0.39, 0.29) is 5.97 Å². The number of esters is 1. The van der Waals surface area contributed by atoms with Crippen LogP contribution in [0.2, 0.25) is 0 Å².